The lowest BCUT2D eigenvalue weighted by Gasteiger charge is -2.04. The molecule has 2 aromatic rings. The molecule has 0 fully saturated rings. The predicted octanol–water partition coefficient (Wildman–Crippen LogP) is 3.87. The van der Waals surface area contributed by atoms with E-state index in [4.69, 9.17) is 17.3 Å². The summed E-state index contributed by atoms with van der Waals surface area (Å²) in [6, 6.07) is 10.4. The number of aryl methyl sites for hydroxylation is 2. The van der Waals surface area contributed by atoms with Gasteiger partial charge >= 0.3 is 0 Å². The average Bonchev–Trinajstić information content (AvgIpc) is 2.68. The molecule has 0 amide bonds. The third kappa shape index (κ3) is 3.29. The van der Waals surface area contributed by atoms with Crippen molar-refractivity contribution in [3.05, 3.63) is 46.6 Å². The quantitative estimate of drug-likeness (QED) is 0.901. The van der Waals surface area contributed by atoms with Gasteiger partial charge in [0.15, 0.2) is 0 Å². The number of rotatable bonds is 5. The number of aromatic nitrogens is 2. The van der Waals surface area contributed by atoms with Crippen LogP contribution in [-0.4, -0.2) is 9.78 Å². The van der Waals surface area contributed by atoms with Gasteiger partial charge in [0.2, 0.25) is 0 Å². The van der Waals surface area contributed by atoms with Gasteiger partial charge in [0.1, 0.15) is 10.8 Å². The zero-order chi connectivity index (χ0) is 13.8. The van der Waals surface area contributed by atoms with Crippen molar-refractivity contribution < 1.29 is 0 Å². The minimum atomic E-state index is 0.296. The second-order valence-electron chi connectivity index (χ2n) is 5.05. The molecule has 0 saturated heterocycles. The van der Waals surface area contributed by atoms with E-state index in [-0.39, 0.29) is 0 Å². The highest BCUT2D eigenvalue weighted by Crippen LogP contribution is 2.28. The second-order valence-corrected chi connectivity index (χ2v) is 5.43. The summed E-state index contributed by atoms with van der Waals surface area (Å²) in [5.74, 6) is 0.878. The fraction of sp³-hybridized carbons (Fsp3) is 0.400. The smallest absolute Gasteiger partial charge is 0.140 e. The maximum Gasteiger partial charge on any atom is 0.140 e. The van der Waals surface area contributed by atoms with Crippen LogP contribution in [0.1, 0.15) is 37.4 Å². The fourth-order valence-electron chi connectivity index (χ4n) is 2.09. The Balaban J connectivity index is 1.98. The van der Waals surface area contributed by atoms with E-state index < -0.39 is 0 Å². The first-order chi connectivity index (χ1) is 9.09. The van der Waals surface area contributed by atoms with Gasteiger partial charge in [-0.2, -0.15) is 5.10 Å². The molecule has 2 rings (SSSR count). The first-order valence-electron chi connectivity index (χ1n) is 6.65. The Morgan fingerprint density at radius 2 is 1.95 bits per heavy atom. The normalized spacial score (nSPS) is 11.2. The van der Waals surface area contributed by atoms with E-state index in [2.05, 4.69) is 43.2 Å². The van der Waals surface area contributed by atoms with Gasteiger partial charge in [0, 0.05) is 6.54 Å². The summed E-state index contributed by atoms with van der Waals surface area (Å²) >= 11 is 6.20. The van der Waals surface area contributed by atoms with E-state index in [9.17, 15) is 0 Å². The Morgan fingerprint density at radius 3 is 2.53 bits per heavy atom. The predicted molar refractivity (Wildman–Crippen MR) is 80.5 cm³/mol. The highest BCUT2D eigenvalue weighted by atomic mass is 35.5. The molecule has 1 aromatic heterocycles. The number of anilines is 1. The van der Waals surface area contributed by atoms with E-state index in [1.54, 1.807) is 0 Å². The van der Waals surface area contributed by atoms with Crippen molar-refractivity contribution in [2.75, 3.05) is 5.73 Å². The molecule has 0 aliphatic heterocycles. The summed E-state index contributed by atoms with van der Waals surface area (Å²) in [6.07, 6.45) is 2.03. The Labute approximate surface area is 119 Å². The molecule has 3 nitrogen and oxygen atoms in total. The van der Waals surface area contributed by atoms with Gasteiger partial charge in [-0.3, -0.25) is 0 Å². The molecule has 19 heavy (non-hydrogen) atoms. The minimum Gasteiger partial charge on any atom is -0.383 e. The molecule has 0 aliphatic carbocycles. The highest BCUT2D eigenvalue weighted by molar-refractivity contribution is 6.33. The van der Waals surface area contributed by atoms with Crippen molar-refractivity contribution >= 4 is 17.4 Å². The second kappa shape index (κ2) is 6.11. The average molecular weight is 278 g/mol. The lowest BCUT2D eigenvalue weighted by molar-refractivity contribution is 0.574. The molecule has 1 heterocycles. The zero-order valence-electron chi connectivity index (χ0n) is 11.4. The molecule has 0 spiro atoms. The summed E-state index contributed by atoms with van der Waals surface area (Å²) in [5, 5.41) is 5.11. The number of nitrogens with zero attached hydrogens (tertiary/aromatic N) is 2. The lowest BCUT2D eigenvalue weighted by atomic mass is 10.1. The van der Waals surface area contributed by atoms with E-state index in [1.165, 1.54) is 5.56 Å². The summed E-state index contributed by atoms with van der Waals surface area (Å²) in [5.41, 5.74) is 8.21. The largest absolute Gasteiger partial charge is 0.383 e. The minimum absolute atomic E-state index is 0.296. The topological polar surface area (TPSA) is 43.8 Å². The van der Waals surface area contributed by atoms with Crippen LogP contribution in [0.5, 0.6) is 0 Å². The monoisotopic (exact) mass is 277 g/mol. The van der Waals surface area contributed by atoms with Crippen molar-refractivity contribution in [1.82, 2.24) is 9.78 Å². The molecular formula is C15H20ClN3. The SMILES string of the molecule is CC(C)c1nn(CCCc2ccccc2)c(N)c1Cl. The zero-order valence-corrected chi connectivity index (χ0v) is 12.2. The molecule has 0 bridgehead atoms. The molecule has 0 unspecified atom stereocenters. The van der Waals surface area contributed by atoms with E-state index >= 15 is 0 Å². The maximum absolute atomic E-state index is 6.20. The van der Waals surface area contributed by atoms with Gasteiger partial charge in [0.05, 0.1) is 5.69 Å². The number of nitrogens with two attached hydrogens (primary N) is 1. The van der Waals surface area contributed by atoms with Crippen molar-refractivity contribution in [1.29, 1.82) is 0 Å². The third-order valence-electron chi connectivity index (χ3n) is 3.18. The molecule has 1 aromatic carbocycles. The van der Waals surface area contributed by atoms with Crippen molar-refractivity contribution in [2.24, 2.45) is 0 Å². The maximum atomic E-state index is 6.20. The molecule has 0 atom stereocenters. The van der Waals surface area contributed by atoms with E-state index in [0.29, 0.717) is 16.8 Å². The van der Waals surface area contributed by atoms with E-state index in [0.717, 1.165) is 25.1 Å². The Kier molecular flexibility index (Phi) is 4.48. The van der Waals surface area contributed by atoms with Crippen LogP contribution in [0.4, 0.5) is 5.82 Å². The Bertz CT molecular complexity index is 532. The van der Waals surface area contributed by atoms with Crippen molar-refractivity contribution in [3.63, 3.8) is 0 Å². The molecule has 102 valence electrons. The fourth-order valence-corrected chi connectivity index (χ4v) is 2.44. The van der Waals surface area contributed by atoms with Crippen LogP contribution in [0.3, 0.4) is 0 Å². The van der Waals surface area contributed by atoms with Gasteiger partial charge in [-0.15, -0.1) is 0 Å². The molecular weight excluding hydrogens is 258 g/mol. The number of hydrogen-bond donors (Lipinski definition) is 1. The highest BCUT2D eigenvalue weighted by Gasteiger charge is 2.15. The number of benzene rings is 1. The molecule has 0 aliphatic rings. The van der Waals surface area contributed by atoms with Gasteiger partial charge in [-0.1, -0.05) is 55.8 Å². The first-order valence-corrected chi connectivity index (χ1v) is 7.03. The Hall–Kier alpha value is -1.48. The van der Waals surface area contributed by atoms with Crippen molar-refractivity contribution in [3.8, 4) is 0 Å². The number of halogens is 1. The summed E-state index contributed by atoms with van der Waals surface area (Å²) in [6.45, 7) is 4.94. The lowest BCUT2D eigenvalue weighted by Crippen LogP contribution is -2.06. The van der Waals surface area contributed by atoms with Crippen LogP contribution in [-0.2, 0) is 13.0 Å². The third-order valence-corrected chi connectivity index (χ3v) is 3.57. The molecule has 0 radical (unpaired) electrons. The number of hydrogen-bond acceptors (Lipinski definition) is 2. The Morgan fingerprint density at radius 1 is 1.26 bits per heavy atom. The van der Waals surface area contributed by atoms with Gasteiger partial charge in [-0.05, 0) is 24.3 Å². The van der Waals surface area contributed by atoms with E-state index in [1.807, 2.05) is 10.7 Å². The van der Waals surface area contributed by atoms with Crippen molar-refractivity contribution in [2.45, 2.75) is 39.2 Å². The van der Waals surface area contributed by atoms with Crippen LogP contribution in [0, 0.1) is 0 Å². The van der Waals surface area contributed by atoms with Gasteiger partial charge in [0.25, 0.3) is 0 Å². The summed E-state index contributed by atoms with van der Waals surface area (Å²) in [7, 11) is 0. The van der Waals surface area contributed by atoms with Crippen LogP contribution < -0.4 is 5.73 Å². The molecule has 4 heteroatoms. The van der Waals surface area contributed by atoms with Crippen LogP contribution in [0.2, 0.25) is 5.02 Å². The molecule has 2 N–H and O–H groups in total. The van der Waals surface area contributed by atoms with Crippen LogP contribution in [0.25, 0.3) is 0 Å². The van der Waals surface area contributed by atoms with Crippen LogP contribution in [0.15, 0.2) is 30.3 Å². The molecule has 0 saturated carbocycles. The first kappa shape index (κ1) is 13.9. The summed E-state index contributed by atoms with van der Waals surface area (Å²) < 4.78 is 1.82. The van der Waals surface area contributed by atoms with Gasteiger partial charge in [-0.25, -0.2) is 4.68 Å². The summed E-state index contributed by atoms with van der Waals surface area (Å²) in [4.78, 5) is 0. The van der Waals surface area contributed by atoms with Crippen LogP contribution >= 0.6 is 11.6 Å². The van der Waals surface area contributed by atoms with Gasteiger partial charge < -0.3 is 5.73 Å². The standard InChI is InChI=1S/C15H20ClN3/c1-11(2)14-13(16)15(17)19(18-14)10-6-9-12-7-4-3-5-8-12/h3-5,7-8,11H,6,9-10,17H2,1-2H3. The number of nitrogen functional groups attached to an aromatic ring is 1.